The number of sulfonamides is 2. The van der Waals surface area contributed by atoms with Crippen LogP contribution >= 0.6 is 0 Å². The summed E-state index contributed by atoms with van der Waals surface area (Å²) in [7, 11) is -7.58. The molecule has 8 nitrogen and oxygen atoms in total. The summed E-state index contributed by atoms with van der Waals surface area (Å²) >= 11 is 0. The largest absolute Gasteiger partial charge is 0.322 e. The molecule has 33 heavy (non-hydrogen) atoms. The first kappa shape index (κ1) is 25.1. The highest BCUT2D eigenvalue weighted by Crippen LogP contribution is 2.27. The Labute approximate surface area is 194 Å². The van der Waals surface area contributed by atoms with Gasteiger partial charge < -0.3 is 5.32 Å². The van der Waals surface area contributed by atoms with Gasteiger partial charge in [0.2, 0.25) is 20.0 Å². The highest BCUT2D eigenvalue weighted by molar-refractivity contribution is 7.92. The third-order valence-electron chi connectivity index (χ3n) is 5.45. The number of amides is 1. The second-order valence-electron chi connectivity index (χ2n) is 7.96. The molecule has 1 aliphatic rings. The van der Waals surface area contributed by atoms with Gasteiger partial charge in [0, 0.05) is 24.3 Å². The van der Waals surface area contributed by atoms with Crippen LogP contribution in [0.1, 0.15) is 48.5 Å². The van der Waals surface area contributed by atoms with Crippen molar-refractivity contribution in [1.82, 2.24) is 4.31 Å². The second-order valence-corrected chi connectivity index (χ2v) is 11.7. The maximum atomic E-state index is 14.4. The smallest absolute Gasteiger partial charge is 0.255 e. The van der Waals surface area contributed by atoms with E-state index in [1.165, 1.54) is 10.4 Å². The van der Waals surface area contributed by atoms with Crippen molar-refractivity contribution in [3.63, 3.8) is 0 Å². The molecule has 1 fully saturated rings. The van der Waals surface area contributed by atoms with Crippen molar-refractivity contribution in [3.05, 3.63) is 53.3 Å². The number of nitrogens with one attached hydrogen (secondary N) is 2. The molecule has 0 atom stereocenters. The van der Waals surface area contributed by atoms with Gasteiger partial charge >= 0.3 is 0 Å². The Hall–Kier alpha value is -2.50. The third-order valence-corrected chi connectivity index (χ3v) is 8.84. The van der Waals surface area contributed by atoms with Crippen LogP contribution in [0.5, 0.6) is 0 Å². The van der Waals surface area contributed by atoms with Crippen LogP contribution in [0.4, 0.5) is 15.8 Å². The third kappa shape index (κ3) is 5.90. The van der Waals surface area contributed by atoms with Crippen molar-refractivity contribution in [1.29, 1.82) is 0 Å². The Balaban J connectivity index is 1.86. The van der Waals surface area contributed by atoms with Crippen LogP contribution in [0.3, 0.4) is 0 Å². The zero-order chi connectivity index (χ0) is 24.2. The molecule has 0 aliphatic carbocycles. The second kappa shape index (κ2) is 10.2. The van der Waals surface area contributed by atoms with Crippen LogP contribution in [0.25, 0.3) is 0 Å². The van der Waals surface area contributed by atoms with Gasteiger partial charge in [-0.3, -0.25) is 9.52 Å². The van der Waals surface area contributed by atoms with E-state index in [1.54, 1.807) is 32.0 Å². The average Bonchev–Trinajstić information content (AvgIpc) is 2.77. The van der Waals surface area contributed by atoms with Gasteiger partial charge in [0.05, 0.1) is 11.4 Å². The van der Waals surface area contributed by atoms with E-state index in [4.69, 9.17) is 0 Å². The molecule has 0 unspecified atom stereocenters. The van der Waals surface area contributed by atoms with Crippen LogP contribution in [-0.2, 0) is 20.0 Å². The average molecular weight is 498 g/mol. The first-order valence-corrected chi connectivity index (χ1v) is 13.9. The van der Waals surface area contributed by atoms with Crippen LogP contribution in [-0.4, -0.2) is 45.9 Å². The van der Waals surface area contributed by atoms with Gasteiger partial charge in [-0.1, -0.05) is 19.4 Å². The molecule has 1 heterocycles. The predicted octanol–water partition coefficient (Wildman–Crippen LogP) is 3.71. The van der Waals surface area contributed by atoms with Gasteiger partial charge in [0.15, 0.2) is 0 Å². The van der Waals surface area contributed by atoms with Gasteiger partial charge in [-0.05, 0) is 62.1 Å². The maximum absolute atomic E-state index is 14.4. The molecule has 1 saturated heterocycles. The lowest BCUT2D eigenvalue weighted by atomic mass is 10.1. The summed E-state index contributed by atoms with van der Waals surface area (Å²) in [5, 5.41) is 2.66. The first-order valence-electron chi connectivity index (χ1n) is 10.8. The summed E-state index contributed by atoms with van der Waals surface area (Å²) in [5.41, 5.74) is 1.15. The predicted molar refractivity (Wildman–Crippen MR) is 126 cm³/mol. The number of piperidine rings is 1. The fourth-order valence-electron chi connectivity index (χ4n) is 3.65. The van der Waals surface area contributed by atoms with Crippen molar-refractivity contribution >= 4 is 37.3 Å². The van der Waals surface area contributed by atoms with Gasteiger partial charge in [-0.15, -0.1) is 0 Å². The van der Waals surface area contributed by atoms with Gasteiger partial charge in [0.1, 0.15) is 10.7 Å². The molecular formula is C22H28FN3O5S2. The summed E-state index contributed by atoms with van der Waals surface area (Å²) in [5.74, 6) is -1.59. The molecule has 0 bridgehead atoms. The molecule has 0 spiro atoms. The highest BCUT2D eigenvalue weighted by atomic mass is 32.2. The molecule has 1 aliphatic heterocycles. The minimum atomic E-state index is -4.06. The van der Waals surface area contributed by atoms with Crippen molar-refractivity contribution in [2.24, 2.45) is 0 Å². The fourth-order valence-corrected chi connectivity index (χ4v) is 6.45. The lowest BCUT2D eigenvalue weighted by Gasteiger charge is -2.26. The van der Waals surface area contributed by atoms with E-state index in [2.05, 4.69) is 10.0 Å². The zero-order valence-corrected chi connectivity index (χ0v) is 20.2. The van der Waals surface area contributed by atoms with Crippen LogP contribution < -0.4 is 10.0 Å². The van der Waals surface area contributed by atoms with Crippen molar-refractivity contribution in [2.45, 2.75) is 44.4 Å². The standard InChI is InChI=1S/C22H28FN3O5S2/c1-3-14-32(28,29)25-20-9-7-8-19(16(20)2)24-22(27)17-10-11-18(23)21(15-17)33(30,31)26-12-5-4-6-13-26/h7-11,15,25H,3-6,12-14H2,1-2H3,(H,24,27). The van der Waals surface area contributed by atoms with Crippen molar-refractivity contribution in [3.8, 4) is 0 Å². The lowest BCUT2D eigenvalue weighted by Crippen LogP contribution is -2.36. The molecule has 2 aromatic carbocycles. The van der Waals surface area contributed by atoms with E-state index in [9.17, 15) is 26.0 Å². The quantitative estimate of drug-likeness (QED) is 0.577. The summed E-state index contributed by atoms with van der Waals surface area (Å²) in [4.78, 5) is 12.3. The molecule has 2 aromatic rings. The van der Waals surface area contributed by atoms with Gasteiger partial charge in [0.25, 0.3) is 5.91 Å². The first-order chi connectivity index (χ1) is 15.5. The minimum absolute atomic E-state index is 0.0247. The van der Waals surface area contributed by atoms with E-state index in [-0.39, 0.29) is 11.3 Å². The number of anilines is 2. The number of nitrogens with zero attached hydrogens (tertiary/aromatic N) is 1. The Kier molecular flexibility index (Phi) is 7.76. The summed E-state index contributed by atoms with van der Waals surface area (Å²) in [6.45, 7) is 4.04. The van der Waals surface area contributed by atoms with Crippen LogP contribution in [0.2, 0.25) is 0 Å². The van der Waals surface area contributed by atoms with Gasteiger partial charge in [-0.2, -0.15) is 4.31 Å². The Morgan fingerprint density at radius 2 is 1.70 bits per heavy atom. The number of hydrogen-bond acceptors (Lipinski definition) is 5. The van der Waals surface area contributed by atoms with Crippen LogP contribution in [0.15, 0.2) is 41.3 Å². The highest BCUT2D eigenvalue weighted by Gasteiger charge is 2.29. The zero-order valence-electron chi connectivity index (χ0n) is 18.6. The summed E-state index contributed by atoms with van der Waals surface area (Å²) in [6.07, 6.45) is 2.79. The normalized spacial score (nSPS) is 15.2. The van der Waals surface area contributed by atoms with E-state index >= 15 is 0 Å². The SMILES string of the molecule is CCCS(=O)(=O)Nc1cccc(NC(=O)c2ccc(F)c(S(=O)(=O)N3CCCCC3)c2)c1C. The minimum Gasteiger partial charge on any atom is -0.322 e. The van der Waals surface area contributed by atoms with Gasteiger partial charge in [-0.25, -0.2) is 21.2 Å². The molecule has 0 aromatic heterocycles. The molecule has 0 radical (unpaired) electrons. The fraction of sp³-hybridized carbons (Fsp3) is 0.409. The van der Waals surface area contributed by atoms with Crippen LogP contribution in [0, 0.1) is 12.7 Å². The Morgan fingerprint density at radius 1 is 1.03 bits per heavy atom. The number of benzene rings is 2. The number of hydrogen-bond donors (Lipinski definition) is 2. The topological polar surface area (TPSA) is 113 Å². The Bertz CT molecular complexity index is 1240. The van der Waals surface area contributed by atoms with E-state index in [0.29, 0.717) is 49.3 Å². The molecule has 180 valence electrons. The summed E-state index contributed by atoms with van der Waals surface area (Å²) in [6, 6.07) is 7.98. The van der Waals surface area contributed by atoms with E-state index in [1.807, 2.05) is 0 Å². The lowest BCUT2D eigenvalue weighted by molar-refractivity contribution is 0.102. The van der Waals surface area contributed by atoms with E-state index < -0.39 is 36.7 Å². The molecule has 11 heteroatoms. The summed E-state index contributed by atoms with van der Waals surface area (Å²) < 4.78 is 68.2. The maximum Gasteiger partial charge on any atom is 0.255 e. The molecular weight excluding hydrogens is 469 g/mol. The monoisotopic (exact) mass is 497 g/mol. The van der Waals surface area contributed by atoms with Crippen molar-refractivity contribution < 1.29 is 26.0 Å². The Morgan fingerprint density at radius 3 is 2.36 bits per heavy atom. The molecule has 3 rings (SSSR count). The number of rotatable bonds is 8. The molecule has 2 N–H and O–H groups in total. The van der Waals surface area contributed by atoms with E-state index in [0.717, 1.165) is 18.6 Å². The number of carbonyl (C=O) groups excluding carboxylic acids is 1. The van der Waals surface area contributed by atoms with Crippen molar-refractivity contribution in [2.75, 3.05) is 28.9 Å². The molecule has 0 saturated carbocycles. The number of halogens is 1. The number of carbonyl (C=O) groups is 1. The molecule has 1 amide bonds.